The fourth-order valence-electron chi connectivity index (χ4n) is 4.18. The van der Waals surface area contributed by atoms with Crippen molar-refractivity contribution >= 4 is 5.91 Å². The summed E-state index contributed by atoms with van der Waals surface area (Å²) in [6.45, 7) is 3.37. The molecule has 1 aromatic carbocycles. The molecule has 118 valence electrons. The molecule has 22 heavy (non-hydrogen) atoms. The van der Waals surface area contributed by atoms with Crippen LogP contribution in [-0.4, -0.2) is 42.6 Å². The number of benzene rings is 1. The Morgan fingerprint density at radius 1 is 1.23 bits per heavy atom. The van der Waals surface area contributed by atoms with E-state index in [4.69, 9.17) is 4.74 Å². The third kappa shape index (κ3) is 2.66. The van der Waals surface area contributed by atoms with Crippen molar-refractivity contribution in [1.82, 2.24) is 10.2 Å². The minimum Gasteiger partial charge on any atom is -0.375 e. The molecule has 2 aliphatic heterocycles. The van der Waals surface area contributed by atoms with Gasteiger partial charge in [-0.05, 0) is 36.8 Å². The Morgan fingerprint density at radius 2 is 2.09 bits per heavy atom. The van der Waals surface area contributed by atoms with E-state index >= 15 is 0 Å². The van der Waals surface area contributed by atoms with Crippen molar-refractivity contribution < 1.29 is 9.53 Å². The molecule has 1 aromatic rings. The molecule has 0 unspecified atom stereocenters. The van der Waals surface area contributed by atoms with E-state index in [1.807, 2.05) is 0 Å². The van der Waals surface area contributed by atoms with Crippen LogP contribution in [0.5, 0.6) is 0 Å². The first-order valence-electron chi connectivity index (χ1n) is 8.52. The summed E-state index contributed by atoms with van der Waals surface area (Å²) in [6.07, 6.45) is 4.22. The summed E-state index contributed by atoms with van der Waals surface area (Å²) in [7, 11) is 0. The second-order valence-corrected chi connectivity index (χ2v) is 6.76. The maximum absolute atomic E-state index is 12.9. The number of fused-ring (bicyclic) bond motifs is 2. The molecule has 1 saturated heterocycles. The molecule has 0 spiro atoms. The SMILES string of the molecule is O=C([C@H]1CC[C@H]2OCCN[C@@H]2C1)N1CCc2ccccc2C1. The molecule has 2 fully saturated rings. The van der Waals surface area contributed by atoms with Gasteiger partial charge in [0, 0.05) is 31.6 Å². The lowest BCUT2D eigenvalue weighted by molar-refractivity contribution is -0.140. The Balaban J connectivity index is 1.42. The Labute approximate surface area is 131 Å². The summed E-state index contributed by atoms with van der Waals surface area (Å²) in [6, 6.07) is 8.87. The number of carbonyl (C=O) groups excluding carboxylic acids is 1. The van der Waals surface area contributed by atoms with Crippen LogP contribution in [0.4, 0.5) is 0 Å². The number of rotatable bonds is 1. The average Bonchev–Trinajstić information content (AvgIpc) is 2.60. The maximum atomic E-state index is 12.9. The normalized spacial score (nSPS) is 31.3. The fourth-order valence-corrected chi connectivity index (χ4v) is 4.18. The van der Waals surface area contributed by atoms with Gasteiger partial charge in [-0.2, -0.15) is 0 Å². The summed E-state index contributed by atoms with van der Waals surface area (Å²) < 4.78 is 5.81. The predicted octanol–water partition coefficient (Wildman–Crippen LogP) is 1.73. The van der Waals surface area contributed by atoms with Crippen molar-refractivity contribution in [1.29, 1.82) is 0 Å². The average molecular weight is 300 g/mol. The molecule has 1 saturated carbocycles. The van der Waals surface area contributed by atoms with Gasteiger partial charge < -0.3 is 15.0 Å². The summed E-state index contributed by atoms with van der Waals surface area (Å²) in [5.74, 6) is 0.515. The van der Waals surface area contributed by atoms with Gasteiger partial charge in [0.25, 0.3) is 0 Å². The number of nitrogens with zero attached hydrogens (tertiary/aromatic N) is 1. The van der Waals surface area contributed by atoms with Crippen molar-refractivity contribution in [3.8, 4) is 0 Å². The first-order chi connectivity index (χ1) is 10.8. The minimum atomic E-state index is 0.167. The smallest absolute Gasteiger partial charge is 0.226 e. The fraction of sp³-hybridized carbons (Fsp3) is 0.611. The second-order valence-electron chi connectivity index (χ2n) is 6.76. The monoisotopic (exact) mass is 300 g/mol. The first-order valence-corrected chi connectivity index (χ1v) is 8.52. The topological polar surface area (TPSA) is 41.6 Å². The van der Waals surface area contributed by atoms with E-state index in [2.05, 4.69) is 34.5 Å². The van der Waals surface area contributed by atoms with Crippen molar-refractivity contribution in [3.63, 3.8) is 0 Å². The highest BCUT2D eigenvalue weighted by Gasteiger charge is 2.37. The molecule has 0 bridgehead atoms. The predicted molar refractivity (Wildman–Crippen MR) is 84.4 cm³/mol. The zero-order valence-corrected chi connectivity index (χ0v) is 13.0. The maximum Gasteiger partial charge on any atom is 0.226 e. The zero-order valence-electron chi connectivity index (χ0n) is 13.0. The van der Waals surface area contributed by atoms with E-state index in [9.17, 15) is 4.79 Å². The number of nitrogens with one attached hydrogen (secondary N) is 1. The highest BCUT2D eigenvalue weighted by molar-refractivity contribution is 5.79. The van der Waals surface area contributed by atoms with Gasteiger partial charge in [-0.25, -0.2) is 0 Å². The van der Waals surface area contributed by atoms with Crippen LogP contribution in [0, 0.1) is 5.92 Å². The second kappa shape index (κ2) is 6.01. The molecule has 1 aliphatic carbocycles. The number of carbonyl (C=O) groups is 1. The van der Waals surface area contributed by atoms with Crippen molar-refractivity contribution in [2.24, 2.45) is 5.92 Å². The van der Waals surface area contributed by atoms with E-state index in [1.165, 1.54) is 11.1 Å². The van der Waals surface area contributed by atoms with Crippen molar-refractivity contribution in [3.05, 3.63) is 35.4 Å². The molecule has 0 aromatic heterocycles. The summed E-state index contributed by atoms with van der Waals surface area (Å²) >= 11 is 0. The van der Waals surface area contributed by atoms with Crippen LogP contribution >= 0.6 is 0 Å². The lowest BCUT2D eigenvalue weighted by Crippen LogP contribution is -2.53. The lowest BCUT2D eigenvalue weighted by atomic mass is 9.82. The molecule has 1 N–H and O–H groups in total. The highest BCUT2D eigenvalue weighted by atomic mass is 16.5. The largest absolute Gasteiger partial charge is 0.375 e. The summed E-state index contributed by atoms with van der Waals surface area (Å²) in [5.41, 5.74) is 2.72. The first kappa shape index (κ1) is 14.2. The molecule has 4 rings (SSSR count). The molecule has 0 radical (unpaired) electrons. The molecule has 2 heterocycles. The number of hydrogen-bond donors (Lipinski definition) is 1. The number of hydrogen-bond acceptors (Lipinski definition) is 3. The van der Waals surface area contributed by atoms with Crippen LogP contribution < -0.4 is 5.32 Å². The van der Waals surface area contributed by atoms with Crippen molar-refractivity contribution in [2.75, 3.05) is 19.7 Å². The standard InChI is InChI=1S/C18H24N2O2/c21-18(14-5-6-17-16(11-14)19-8-10-22-17)20-9-7-13-3-1-2-4-15(13)12-20/h1-4,14,16-17,19H,5-12H2/t14-,16+,17+/m0/s1. The summed E-state index contributed by atoms with van der Waals surface area (Å²) in [5, 5.41) is 3.53. The van der Waals surface area contributed by atoms with E-state index in [1.54, 1.807) is 0 Å². The van der Waals surface area contributed by atoms with Crippen LogP contribution in [0.1, 0.15) is 30.4 Å². The molecule has 4 heteroatoms. The minimum absolute atomic E-state index is 0.167. The Hall–Kier alpha value is -1.39. The lowest BCUT2D eigenvalue weighted by Gasteiger charge is -2.41. The van der Waals surface area contributed by atoms with Gasteiger partial charge >= 0.3 is 0 Å². The number of ether oxygens (including phenoxy) is 1. The molecular formula is C18H24N2O2. The van der Waals surface area contributed by atoms with Crippen molar-refractivity contribution in [2.45, 2.75) is 44.4 Å². The van der Waals surface area contributed by atoms with E-state index in [-0.39, 0.29) is 5.92 Å². The van der Waals surface area contributed by atoms with Crippen LogP contribution in [0.25, 0.3) is 0 Å². The zero-order chi connectivity index (χ0) is 14.9. The quantitative estimate of drug-likeness (QED) is 0.859. The molecular weight excluding hydrogens is 276 g/mol. The third-order valence-corrected chi connectivity index (χ3v) is 5.42. The molecule has 4 nitrogen and oxygen atoms in total. The number of amides is 1. The van der Waals surface area contributed by atoms with E-state index in [0.717, 1.165) is 51.9 Å². The number of morpholine rings is 1. The van der Waals surface area contributed by atoms with E-state index < -0.39 is 0 Å². The van der Waals surface area contributed by atoms with Gasteiger partial charge in [-0.3, -0.25) is 4.79 Å². The Bertz CT molecular complexity index is 560. The van der Waals surface area contributed by atoms with Crippen LogP contribution in [0.15, 0.2) is 24.3 Å². The Morgan fingerprint density at radius 3 is 3.00 bits per heavy atom. The van der Waals surface area contributed by atoms with Gasteiger partial charge in [0.05, 0.1) is 12.7 Å². The summed E-state index contributed by atoms with van der Waals surface area (Å²) in [4.78, 5) is 15.0. The van der Waals surface area contributed by atoms with Gasteiger partial charge in [0.15, 0.2) is 0 Å². The molecule has 3 atom stereocenters. The Kier molecular flexibility index (Phi) is 3.89. The van der Waals surface area contributed by atoms with Gasteiger partial charge in [-0.15, -0.1) is 0 Å². The van der Waals surface area contributed by atoms with Crippen LogP contribution in [0.2, 0.25) is 0 Å². The third-order valence-electron chi connectivity index (χ3n) is 5.42. The van der Waals surface area contributed by atoms with Gasteiger partial charge in [0.2, 0.25) is 5.91 Å². The molecule has 3 aliphatic rings. The highest BCUT2D eigenvalue weighted by Crippen LogP contribution is 2.31. The van der Waals surface area contributed by atoms with Gasteiger partial charge in [-0.1, -0.05) is 24.3 Å². The van der Waals surface area contributed by atoms with E-state index in [0.29, 0.717) is 18.1 Å². The van der Waals surface area contributed by atoms with Crippen LogP contribution in [-0.2, 0) is 22.5 Å². The molecule has 1 amide bonds. The van der Waals surface area contributed by atoms with Crippen LogP contribution in [0.3, 0.4) is 0 Å². The van der Waals surface area contributed by atoms with Gasteiger partial charge in [0.1, 0.15) is 0 Å².